The molecule has 0 aromatic rings. The number of allylic oxidation sites excluding steroid dienone is 1. The first-order valence-corrected chi connectivity index (χ1v) is 21.9. The Bertz CT molecular complexity index is 1590. The number of ether oxygens (including phenoxy) is 8. The van der Waals surface area contributed by atoms with Gasteiger partial charge in [0, 0.05) is 24.2 Å². The monoisotopic (exact) mass is 838 g/mol. The second kappa shape index (κ2) is 15.8. The average Bonchev–Trinajstić information content (AvgIpc) is 3.65. The van der Waals surface area contributed by atoms with Gasteiger partial charge in [-0.2, -0.15) is 0 Å². The van der Waals surface area contributed by atoms with Crippen molar-refractivity contribution < 1.29 is 78.7 Å². The summed E-state index contributed by atoms with van der Waals surface area (Å²) in [5, 5.41) is 86.2. The van der Waals surface area contributed by atoms with E-state index in [0.29, 0.717) is 30.8 Å². The maximum atomic E-state index is 11.4. The molecule has 9 aliphatic rings. The van der Waals surface area contributed by atoms with Gasteiger partial charge in [0.25, 0.3) is 0 Å². The summed E-state index contributed by atoms with van der Waals surface area (Å²) in [7, 11) is 0. The fourth-order valence-electron chi connectivity index (χ4n) is 13.4. The molecule has 0 unspecified atom stereocenters. The Morgan fingerprint density at radius 3 is 2.22 bits per heavy atom. The number of rotatable bonds is 6. The number of aliphatic hydroxyl groups is 8. The summed E-state index contributed by atoms with van der Waals surface area (Å²) in [6.45, 7) is 12.6. The van der Waals surface area contributed by atoms with Crippen molar-refractivity contribution in [3.63, 3.8) is 0 Å². The van der Waals surface area contributed by atoms with Gasteiger partial charge in [0.2, 0.25) is 0 Å². The fraction of sp³-hybridized carbons (Fsp3) is 0.907. The Hall–Kier alpha value is -1.16. The predicted molar refractivity (Wildman–Crippen MR) is 204 cm³/mol. The van der Waals surface area contributed by atoms with Crippen LogP contribution >= 0.6 is 0 Å². The number of hydrogen-bond donors (Lipinski definition) is 8. The van der Waals surface area contributed by atoms with Crippen LogP contribution in [0.25, 0.3) is 0 Å². The van der Waals surface area contributed by atoms with E-state index in [1.54, 1.807) is 0 Å². The van der Waals surface area contributed by atoms with Gasteiger partial charge in [-0.1, -0.05) is 44.6 Å². The van der Waals surface area contributed by atoms with Crippen molar-refractivity contribution in [3.05, 3.63) is 23.8 Å². The lowest BCUT2D eigenvalue weighted by Crippen LogP contribution is -2.65. The topological polar surface area (TPSA) is 236 Å². The Kier molecular flexibility index (Phi) is 11.6. The largest absolute Gasteiger partial charge is 0.393 e. The highest BCUT2D eigenvalue weighted by atomic mass is 16.8. The highest BCUT2D eigenvalue weighted by molar-refractivity contribution is 5.29. The summed E-state index contributed by atoms with van der Waals surface area (Å²) < 4.78 is 50.4. The van der Waals surface area contributed by atoms with E-state index in [1.807, 2.05) is 0 Å². The Morgan fingerprint density at radius 1 is 0.763 bits per heavy atom. The van der Waals surface area contributed by atoms with Crippen LogP contribution in [-0.2, 0) is 37.9 Å². The predicted octanol–water partition coefficient (Wildman–Crippen LogP) is 0.383. The Morgan fingerprint density at radius 2 is 1.47 bits per heavy atom. The molecule has 0 aromatic carbocycles. The van der Waals surface area contributed by atoms with Crippen molar-refractivity contribution in [2.24, 2.45) is 40.4 Å². The zero-order valence-electron chi connectivity index (χ0n) is 34.5. The molecule has 5 heterocycles. The summed E-state index contributed by atoms with van der Waals surface area (Å²) in [5.74, 6) is 0.989. The second-order valence-corrected chi connectivity index (χ2v) is 19.8. The summed E-state index contributed by atoms with van der Waals surface area (Å²) in [5.41, 5.74) is 1.77. The van der Waals surface area contributed by atoms with E-state index in [0.717, 1.165) is 49.7 Å². The van der Waals surface area contributed by atoms with Crippen LogP contribution in [0, 0.1) is 40.4 Å². The SMILES string of the molecule is C=C1CC[C@@]2(OC1)O[C@H]1C[C@@H]3[C@@H]4CC=C5C[C@@H](O)C[C@@H](O[C@@H]6OC[C@H](O)[C@H](O[C@@H]7OC[C@@H](O)[C@H](O)[C@H]7O)[C@H]6O[C@@H]6O[C@@H](C)[C@H](O)[C@@H](O)[C@H]6O)[C@]5(C)[C@H]4CC[C@]3(C)[C@H]1[C@@H]2C. The van der Waals surface area contributed by atoms with E-state index in [4.69, 9.17) is 37.9 Å². The maximum Gasteiger partial charge on any atom is 0.187 e. The van der Waals surface area contributed by atoms with Crippen LogP contribution in [0.1, 0.15) is 79.1 Å². The van der Waals surface area contributed by atoms with Crippen LogP contribution in [0.4, 0.5) is 0 Å². The number of aliphatic hydroxyl groups excluding tert-OH is 8. The summed E-state index contributed by atoms with van der Waals surface area (Å²) in [6.07, 6.45) is -11.4. The second-order valence-electron chi connectivity index (χ2n) is 19.8. The third kappa shape index (κ3) is 6.95. The molecule has 334 valence electrons. The lowest BCUT2D eigenvalue weighted by Gasteiger charge is -2.60. The molecular weight excluding hydrogens is 772 g/mol. The lowest BCUT2D eigenvalue weighted by atomic mass is 9.46. The van der Waals surface area contributed by atoms with Crippen LogP contribution in [0.5, 0.6) is 0 Å². The smallest absolute Gasteiger partial charge is 0.187 e. The molecule has 0 amide bonds. The molecule has 0 bridgehead atoms. The van der Waals surface area contributed by atoms with Gasteiger partial charge >= 0.3 is 0 Å². The summed E-state index contributed by atoms with van der Waals surface area (Å²) in [6, 6.07) is 0. The van der Waals surface area contributed by atoms with Gasteiger partial charge in [-0.05, 0) is 74.5 Å². The van der Waals surface area contributed by atoms with Crippen molar-refractivity contribution in [2.45, 2.75) is 183 Å². The Balaban J connectivity index is 0.994. The van der Waals surface area contributed by atoms with Gasteiger partial charge in [-0.15, -0.1) is 0 Å². The Labute approximate surface area is 345 Å². The van der Waals surface area contributed by atoms with Crippen LogP contribution < -0.4 is 0 Å². The van der Waals surface area contributed by atoms with Crippen LogP contribution in [0.3, 0.4) is 0 Å². The van der Waals surface area contributed by atoms with Crippen molar-refractivity contribution in [1.82, 2.24) is 0 Å². The molecule has 9 rings (SSSR count). The molecule has 1 spiro atoms. The minimum absolute atomic E-state index is 0.0520. The average molecular weight is 839 g/mol. The first kappa shape index (κ1) is 43.1. The lowest BCUT2D eigenvalue weighted by molar-refractivity contribution is -0.382. The van der Waals surface area contributed by atoms with Crippen molar-refractivity contribution in [3.8, 4) is 0 Å². The molecule has 5 saturated heterocycles. The molecular formula is C43H66O16. The van der Waals surface area contributed by atoms with Gasteiger partial charge in [0.1, 0.15) is 54.9 Å². The fourth-order valence-corrected chi connectivity index (χ4v) is 13.4. The maximum absolute atomic E-state index is 11.4. The normalized spacial score (nSPS) is 57.5. The molecule has 16 heteroatoms. The van der Waals surface area contributed by atoms with E-state index in [1.165, 1.54) is 6.92 Å². The van der Waals surface area contributed by atoms with E-state index in [9.17, 15) is 40.9 Å². The molecule has 4 aliphatic carbocycles. The summed E-state index contributed by atoms with van der Waals surface area (Å²) >= 11 is 0. The number of hydrogen-bond acceptors (Lipinski definition) is 16. The third-order valence-electron chi connectivity index (χ3n) is 16.7. The van der Waals surface area contributed by atoms with Crippen LogP contribution in [0.15, 0.2) is 23.8 Å². The minimum atomic E-state index is -1.72. The van der Waals surface area contributed by atoms with Gasteiger partial charge < -0.3 is 78.7 Å². The molecule has 0 radical (unpaired) electrons. The van der Waals surface area contributed by atoms with Crippen molar-refractivity contribution in [1.29, 1.82) is 0 Å². The highest BCUT2D eigenvalue weighted by Gasteiger charge is 2.69. The van der Waals surface area contributed by atoms with E-state index in [2.05, 4.69) is 33.4 Å². The quantitative estimate of drug-likeness (QED) is 0.169. The standard InChI is InChI=1S/C43H66O16/c1-18-8-11-43(54-15-18)19(2)30-28(59-43)14-25-23-7-6-21-12-22(44)13-29(42(21,5)24(23)9-10-41(25,30)4)56-40-37(58-39-35(51)33(49)31(47)20(3)55-39)36(27(46)17-53-40)57-38-34(50)32(48)26(45)16-52-38/h6,19-20,22-40,44-51H,1,7-17H2,2-5H3/t19-,20-,22+,23+,24-,25+,26+,27-,28-,29+,30-,31-,32-,33+,34+,35+,36-,37+,38-,39-,40-,41-,42-,43+/m0/s1. The molecule has 59 heavy (non-hydrogen) atoms. The van der Waals surface area contributed by atoms with E-state index >= 15 is 0 Å². The highest BCUT2D eigenvalue weighted by Crippen LogP contribution is 2.71. The first-order valence-electron chi connectivity index (χ1n) is 21.9. The van der Waals surface area contributed by atoms with E-state index < -0.39 is 103 Å². The minimum Gasteiger partial charge on any atom is -0.393 e. The van der Waals surface area contributed by atoms with Crippen molar-refractivity contribution in [2.75, 3.05) is 19.8 Å². The number of fused-ring (bicyclic) bond motifs is 7. The zero-order chi connectivity index (χ0) is 41.9. The van der Waals surface area contributed by atoms with Crippen LogP contribution in [-0.4, -0.2) is 165 Å². The molecule has 8 N–H and O–H groups in total. The zero-order valence-corrected chi connectivity index (χ0v) is 34.5. The summed E-state index contributed by atoms with van der Waals surface area (Å²) in [4.78, 5) is 0. The van der Waals surface area contributed by atoms with Gasteiger partial charge in [-0.25, -0.2) is 0 Å². The van der Waals surface area contributed by atoms with Gasteiger partial charge in [-0.3, -0.25) is 0 Å². The molecule has 3 saturated carbocycles. The molecule has 8 fully saturated rings. The molecule has 5 aliphatic heterocycles. The van der Waals surface area contributed by atoms with E-state index in [-0.39, 0.29) is 43.0 Å². The van der Waals surface area contributed by atoms with Gasteiger partial charge in [0.05, 0.1) is 44.2 Å². The third-order valence-corrected chi connectivity index (χ3v) is 16.7. The van der Waals surface area contributed by atoms with Gasteiger partial charge in [0.15, 0.2) is 24.7 Å². The molecule has 24 atom stereocenters. The van der Waals surface area contributed by atoms with Crippen molar-refractivity contribution >= 4 is 0 Å². The molecule has 0 aromatic heterocycles. The first-order chi connectivity index (χ1) is 28.0. The molecule has 16 nitrogen and oxygen atoms in total. The van der Waals surface area contributed by atoms with Crippen LogP contribution in [0.2, 0.25) is 0 Å².